The topological polar surface area (TPSA) is 63.3 Å². The molecule has 1 aromatic rings. The molecular formula is C6H8ClNO2S. The smallest absolute Gasteiger partial charge is 0.338 e. The van der Waals surface area contributed by atoms with Gasteiger partial charge in [-0.1, -0.05) is 0 Å². The van der Waals surface area contributed by atoms with E-state index in [1.165, 1.54) is 11.3 Å². The van der Waals surface area contributed by atoms with Gasteiger partial charge in [0.05, 0.1) is 11.3 Å². The summed E-state index contributed by atoms with van der Waals surface area (Å²) in [6.07, 6.45) is 0. The number of aromatic carboxylic acids is 1. The van der Waals surface area contributed by atoms with Crippen molar-refractivity contribution in [1.29, 1.82) is 0 Å². The van der Waals surface area contributed by atoms with E-state index in [2.05, 4.69) is 0 Å². The minimum absolute atomic E-state index is 0. The maximum atomic E-state index is 10.4. The normalized spacial score (nSPS) is 8.82. The van der Waals surface area contributed by atoms with E-state index in [0.717, 1.165) is 4.88 Å². The molecule has 0 aliphatic carbocycles. The maximum Gasteiger partial charge on any atom is 0.338 e. The van der Waals surface area contributed by atoms with E-state index in [9.17, 15) is 4.79 Å². The molecule has 1 rings (SSSR count). The van der Waals surface area contributed by atoms with Crippen LogP contribution < -0.4 is 5.73 Å². The molecule has 5 heteroatoms. The van der Waals surface area contributed by atoms with E-state index in [1.54, 1.807) is 12.3 Å². The number of hydrogen-bond donors (Lipinski definition) is 2. The van der Waals surface area contributed by atoms with E-state index >= 15 is 0 Å². The highest BCUT2D eigenvalue weighted by Gasteiger charge is 2.10. The molecule has 3 nitrogen and oxygen atoms in total. The number of nitrogen functional groups attached to an aromatic ring is 1. The molecule has 0 aliphatic rings. The lowest BCUT2D eigenvalue weighted by molar-refractivity contribution is 0.0698. The molecule has 0 unspecified atom stereocenters. The van der Waals surface area contributed by atoms with E-state index in [1.807, 2.05) is 0 Å². The Kier molecular flexibility index (Phi) is 3.35. The van der Waals surface area contributed by atoms with Crippen LogP contribution >= 0.6 is 23.7 Å². The van der Waals surface area contributed by atoms with Crippen molar-refractivity contribution in [2.45, 2.75) is 6.92 Å². The quantitative estimate of drug-likeness (QED) is 0.715. The van der Waals surface area contributed by atoms with Gasteiger partial charge >= 0.3 is 5.97 Å². The number of thiophene rings is 1. The summed E-state index contributed by atoms with van der Waals surface area (Å²) >= 11 is 1.35. The third-order valence-electron chi connectivity index (χ3n) is 1.25. The Hall–Kier alpha value is -0.740. The number of hydrogen-bond acceptors (Lipinski definition) is 3. The lowest BCUT2D eigenvalue weighted by atomic mass is 10.3. The van der Waals surface area contributed by atoms with Crippen molar-refractivity contribution in [2.24, 2.45) is 0 Å². The van der Waals surface area contributed by atoms with Gasteiger partial charge in [0.25, 0.3) is 0 Å². The van der Waals surface area contributed by atoms with Crippen LogP contribution in [-0.4, -0.2) is 11.1 Å². The number of anilines is 1. The molecule has 3 N–H and O–H groups in total. The molecular weight excluding hydrogens is 186 g/mol. The van der Waals surface area contributed by atoms with Crippen LogP contribution in [0.4, 0.5) is 5.69 Å². The summed E-state index contributed by atoms with van der Waals surface area (Å²) in [7, 11) is 0. The zero-order valence-electron chi connectivity index (χ0n) is 5.83. The van der Waals surface area contributed by atoms with Crippen LogP contribution in [0.3, 0.4) is 0 Å². The molecule has 1 heterocycles. The Bertz CT molecular complexity index is 272. The van der Waals surface area contributed by atoms with Crippen molar-refractivity contribution >= 4 is 35.4 Å². The molecule has 0 bridgehead atoms. The SMILES string of the molecule is Cc1scc(C(=O)O)c1N.Cl. The van der Waals surface area contributed by atoms with Crippen LogP contribution in [0, 0.1) is 6.92 Å². The van der Waals surface area contributed by atoms with Gasteiger partial charge in [0.15, 0.2) is 0 Å². The summed E-state index contributed by atoms with van der Waals surface area (Å²) in [5.74, 6) is -0.957. The number of halogens is 1. The lowest BCUT2D eigenvalue weighted by Gasteiger charge is -1.90. The second-order valence-electron chi connectivity index (χ2n) is 1.92. The highest BCUT2D eigenvalue weighted by Crippen LogP contribution is 2.23. The van der Waals surface area contributed by atoms with Crippen LogP contribution in [0.1, 0.15) is 15.2 Å². The van der Waals surface area contributed by atoms with E-state index in [4.69, 9.17) is 10.8 Å². The lowest BCUT2D eigenvalue weighted by Crippen LogP contribution is -1.98. The molecule has 0 amide bonds. The highest BCUT2D eigenvalue weighted by molar-refractivity contribution is 7.10. The van der Waals surface area contributed by atoms with Crippen LogP contribution in [0.5, 0.6) is 0 Å². The molecule has 0 spiro atoms. The largest absolute Gasteiger partial charge is 0.478 e. The summed E-state index contributed by atoms with van der Waals surface area (Å²) in [6, 6.07) is 0. The predicted octanol–water partition coefficient (Wildman–Crippen LogP) is 1.76. The summed E-state index contributed by atoms with van der Waals surface area (Å²) in [4.78, 5) is 11.2. The van der Waals surface area contributed by atoms with Gasteiger partial charge in [0.1, 0.15) is 0 Å². The average molecular weight is 194 g/mol. The van der Waals surface area contributed by atoms with Crippen molar-refractivity contribution in [3.05, 3.63) is 15.8 Å². The van der Waals surface area contributed by atoms with Crippen molar-refractivity contribution in [1.82, 2.24) is 0 Å². The Morgan fingerprint density at radius 1 is 1.73 bits per heavy atom. The first-order chi connectivity index (χ1) is 4.63. The van der Waals surface area contributed by atoms with Crippen LogP contribution in [0.2, 0.25) is 0 Å². The fourth-order valence-corrected chi connectivity index (χ4v) is 1.39. The van der Waals surface area contributed by atoms with Gasteiger partial charge < -0.3 is 10.8 Å². The molecule has 0 saturated heterocycles. The molecule has 0 saturated carbocycles. The fourth-order valence-electron chi connectivity index (χ4n) is 0.630. The summed E-state index contributed by atoms with van der Waals surface area (Å²) < 4.78 is 0. The molecule has 1 aromatic heterocycles. The molecule has 0 radical (unpaired) electrons. The monoisotopic (exact) mass is 193 g/mol. The third-order valence-corrected chi connectivity index (χ3v) is 2.18. The first-order valence-electron chi connectivity index (χ1n) is 2.69. The number of aryl methyl sites for hydroxylation is 1. The Labute approximate surface area is 74.3 Å². The van der Waals surface area contributed by atoms with Crippen LogP contribution in [0.15, 0.2) is 5.38 Å². The highest BCUT2D eigenvalue weighted by atomic mass is 35.5. The number of carboxylic acids is 1. The molecule has 0 atom stereocenters. The zero-order valence-corrected chi connectivity index (χ0v) is 7.46. The number of nitrogens with two attached hydrogens (primary N) is 1. The van der Waals surface area contributed by atoms with E-state index in [-0.39, 0.29) is 18.0 Å². The minimum atomic E-state index is -0.957. The Morgan fingerprint density at radius 2 is 2.27 bits per heavy atom. The number of rotatable bonds is 1. The molecule has 11 heavy (non-hydrogen) atoms. The maximum absolute atomic E-state index is 10.4. The molecule has 0 fully saturated rings. The Balaban J connectivity index is 0.000001000. The first-order valence-corrected chi connectivity index (χ1v) is 3.57. The van der Waals surface area contributed by atoms with E-state index < -0.39 is 5.97 Å². The van der Waals surface area contributed by atoms with Gasteiger partial charge in [0.2, 0.25) is 0 Å². The third kappa shape index (κ3) is 1.85. The van der Waals surface area contributed by atoms with Gasteiger partial charge in [-0.05, 0) is 6.92 Å². The average Bonchev–Trinajstić information content (AvgIpc) is 2.14. The van der Waals surface area contributed by atoms with Gasteiger partial charge in [-0.3, -0.25) is 0 Å². The molecule has 62 valence electrons. The second-order valence-corrected chi connectivity index (χ2v) is 3.01. The molecule has 0 aliphatic heterocycles. The van der Waals surface area contributed by atoms with Crippen LogP contribution in [0.25, 0.3) is 0 Å². The zero-order chi connectivity index (χ0) is 7.72. The summed E-state index contributed by atoms with van der Waals surface area (Å²) in [5, 5.41) is 10.1. The predicted molar refractivity (Wildman–Crippen MR) is 47.7 cm³/mol. The molecule has 0 aromatic carbocycles. The van der Waals surface area contributed by atoms with Crippen molar-refractivity contribution in [3.63, 3.8) is 0 Å². The van der Waals surface area contributed by atoms with Gasteiger partial charge in [0, 0.05) is 10.3 Å². The Morgan fingerprint density at radius 3 is 2.45 bits per heavy atom. The van der Waals surface area contributed by atoms with Crippen LogP contribution in [-0.2, 0) is 0 Å². The standard InChI is InChI=1S/C6H7NO2S.ClH/c1-3-5(7)4(2-10-3)6(8)9;/h2H,7H2,1H3,(H,8,9);1H. The van der Waals surface area contributed by atoms with E-state index in [0.29, 0.717) is 5.69 Å². The van der Waals surface area contributed by atoms with Crippen molar-refractivity contribution in [2.75, 3.05) is 5.73 Å². The van der Waals surface area contributed by atoms with Gasteiger partial charge in [-0.15, -0.1) is 23.7 Å². The minimum Gasteiger partial charge on any atom is -0.478 e. The number of carbonyl (C=O) groups is 1. The summed E-state index contributed by atoms with van der Waals surface area (Å²) in [6.45, 7) is 1.80. The fraction of sp³-hybridized carbons (Fsp3) is 0.167. The number of carboxylic acid groups (broad SMARTS) is 1. The van der Waals surface area contributed by atoms with Gasteiger partial charge in [-0.25, -0.2) is 4.79 Å². The summed E-state index contributed by atoms with van der Waals surface area (Å²) in [5.41, 5.74) is 6.03. The van der Waals surface area contributed by atoms with Crippen molar-refractivity contribution < 1.29 is 9.90 Å². The van der Waals surface area contributed by atoms with Crippen molar-refractivity contribution in [3.8, 4) is 0 Å². The second kappa shape index (κ2) is 3.59. The van der Waals surface area contributed by atoms with Gasteiger partial charge in [-0.2, -0.15) is 0 Å². The first kappa shape index (κ1) is 10.3.